The van der Waals surface area contributed by atoms with Crippen LogP contribution in [0.25, 0.3) is 0 Å². The molecule has 1 atom stereocenters. The molecule has 122 valence electrons. The molecular weight excluding hydrogens is 278 g/mol. The van der Waals surface area contributed by atoms with E-state index in [9.17, 15) is 9.90 Å². The molecule has 5 nitrogen and oxygen atoms in total. The molecule has 1 aromatic carbocycles. The number of piperidine rings is 1. The first kappa shape index (κ1) is 16.6. The summed E-state index contributed by atoms with van der Waals surface area (Å²) in [6.07, 6.45) is 2.82. The zero-order valence-corrected chi connectivity index (χ0v) is 13.6. The Hall–Kier alpha value is -1.75. The number of rotatable bonds is 5. The molecule has 0 aliphatic carbocycles. The van der Waals surface area contributed by atoms with Gasteiger partial charge in [-0.1, -0.05) is 12.1 Å². The molecule has 2 N–H and O–H groups in total. The van der Waals surface area contributed by atoms with Crippen LogP contribution in [-0.4, -0.2) is 56.4 Å². The molecule has 1 heterocycles. The fourth-order valence-electron chi connectivity index (χ4n) is 2.78. The van der Waals surface area contributed by atoms with Crippen LogP contribution in [0, 0.1) is 5.92 Å². The summed E-state index contributed by atoms with van der Waals surface area (Å²) in [5.41, 5.74) is 2.40. The van der Waals surface area contributed by atoms with Gasteiger partial charge in [-0.3, -0.25) is 0 Å². The third kappa shape index (κ3) is 4.63. The number of nitrogens with one attached hydrogen (secondary N) is 1. The SMILES string of the molecule is CN(C)c1ccc(CCNC(=O)N2CCC[C@@H](CO)C2)cc1. The molecule has 0 radical (unpaired) electrons. The molecule has 5 heteroatoms. The van der Waals surface area contributed by atoms with Gasteiger partial charge in [0.25, 0.3) is 0 Å². The largest absolute Gasteiger partial charge is 0.396 e. The highest BCUT2D eigenvalue weighted by atomic mass is 16.3. The van der Waals surface area contributed by atoms with Crippen LogP contribution in [0.15, 0.2) is 24.3 Å². The van der Waals surface area contributed by atoms with E-state index in [2.05, 4.69) is 34.5 Å². The smallest absolute Gasteiger partial charge is 0.317 e. The zero-order chi connectivity index (χ0) is 15.9. The highest BCUT2D eigenvalue weighted by Gasteiger charge is 2.22. The predicted molar refractivity (Wildman–Crippen MR) is 89.3 cm³/mol. The molecule has 22 heavy (non-hydrogen) atoms. The van der Waals surface area contributed by atoms with Crippen molar-refractivity contribution < 1.29 is 9.90 Å². The summed E-state index contributed by atoms with van der Waals surface area (Å²) in [5.74, 6) is 0.234. The fraction of sp³-hybridized carbons (Fsp3) is 0.588. The van der Waals surface area contributed by atoms with Crippen LogP contribution in [0.2, 0.25) is 0 Å². The summed E-state index contributed by atoms with van der Waals surface area (Å²) in [5, 5.41) is 12.2. The molecule has 0 spiro atoms. The molecule has 0 aromatic heterocycles. The second-order valence-corrected chi connectivity index (χ2v) is 6.18. The van der Waals surface area contributed by atoms with E-state index >= 15 is 0 Å². The van der Waals surface area contributed by atoms with E-state index in [4.69, 9.17) is 0 Å². The van der Waals surface area contributed by atoms with Crippen LogP contribution >= 0.6 is 0 Å². The quantitative estimate of drug-likeness (QED) is 0.871. The zero-order valence-electron chi connectivity index (χ0n) is 13.6. The Morgan fingerprint density at radius 3 is 2.73 bits per heavy atom. The van der Waals surface area contributed by atoms with Gasteiger partial charge >= 0.3 is 6.03 Å². The maximum absolute atomic E-state index is 12.1. The Bertz CT molecular complexity index is 473. The maximum Gasteiger partial charge on any atom is 0.317 e. The molecule has 2 rings (SSSR count). The van der Waals surface area contributed by atoms with Gasteiger partial charge in [-0.2, -0.15) is 0 Å². The lowest BCUT2D eigenvalue weighted by Gasteiger charge is -2.31. The topological polar surface area (TPSA) is 55.8 Å². The minimum atomic E-state index is -0.0111. The maximum atomic E-state index is 12.1. The summed E-state index contributed by atoms with van der Waals surface area (Å²) < 4.78 is 0. The average Bonchev–Trinajstić information content (AvgIpc) is 2.55. The predicted octanol–water partition coefficient (Wildman–Crippen LogP) is 1.71. The van der Waals surface area contributed by atoms with Crippen molar-refractivity contribution in [3.05, 3.63) is 29.8 Å². The number of nitrogens with zero attached hydrogens (tertiary/aromatic N) is 2. The molecule has 1 aliphatic rings. The number of benzene rings is 1. The number of anilines is 1. The second-order valence-electron chi connectivity index (χ2n) is 6.18. The summed E-state index contributed by atoms with van der Waals surface area (Å²) in [7, 11) is 4.04. The van der Waals surface area contributed by atoms with E-state index in [-0.39, 0.29) is 18.6 Å². The summed E-state index contributed by atoms with van der Waals surface area (Å²) in [4.78, 5) is 16.0. The lowest BCUT2D eigenvalue weighted by molar-refractivity contribution is 0.129. The van der Waals surface area contributed by atoms with Gasteiger partial charge in [0.2, 0.25) is 0 Å². The molecule has 2 amide bonds. The van der Waals surface area contributed by atoms with E-state index in [1.807, 2.05) is 19.0 Å². The van der Waals surface area contributed by atoms with Crippen molar-refractivity contribution in [2.45, 2.75) is 19.3 Å². The van der Waals surface area contributed by atoms with E-state index < -0.39 is 0 Å². The summed E-state index contributed by atoms with van der Waals surface area (Å²) >= 11 is 0. The number of aliphatic hydroxyl groups excluding tert-OH is 1. The number of aliphatic hydroxyl groups is 1. The van der Waals surface area contributed by atoms with Gasteiger partial charge in [0.1, 0.15) is 0 Å². The highest BCUT2D eigenvalue weighted by Crippen LogP contribution is 2.16. The van der Waals surface area contributed by atoms with Crippen LogP contribution in [0.5, 0.6) is 0 Å². The molecule has 1 fully saturated rings. The van der Waals surface area contributed by atoms with Crippen LogP contribution in [0.1, 0.15) is 18.4 Å². The van der Waals surface area contributed by atoms with Crippen LogP contribution in [-0.2, 0) is 6.42 Å². The number of carbonyl (C=O) groups excluding carboxylic acids is 1. The molecule has 1 aromatic rings. The van der Waals surface area contributed by atoms with Crippen molar-refractivity contribution in [1.82, 2.24) is 10.2 Å². The highest BCUT2D eigenvalue weighted by molar-refractivity contribution is 5.74. The molecule has 0 bridgehead atoms. The molecule has 0 saturated carbocycles. The van der Waals surface area contributed by atoms with Crippen LogP contribution in [0.4, 0.5) is 10.5 Å². The Balaban J connectivity index is 1.74. The van der Waals surface area contributed by atoms with Gasteiger partial charge in [-0.05, 0) is 42.9 Å². The fourth-order valence-corrected chi connectivity index (χ4v) is 2.78. The number of hydrogen-bond acceptors (Lipinski definition) is 3. The number of hydrogen-bond donors (Lipinski definition) is 2. The lowest BCUT2D eigenvalue weighted by Crippen LogP contribution is -2.46. The van der Waals surface area contributed by atoms with Gasteiger partial charge in [-0.25, -0.2) is 4.79 Å². The van der Waals surface area contributed by atoms with Crippen molar-refractivity contribution >= 4 is 11.7 Å². The average molecular weight is 305 g/mol. The Kier molecular flexibility index (Phi) is 6.07. The third-order valence-corrected chi connectivity index (χ3v) is 4.21. The number of likely N-dealkylation sites (tertiary alicyclic amines) is 1. The standard InChI is InChI=1S/C17H27N3O2/c1-19(2)16-7-5-14(6-8-16)9-10-18-17(22)20-11-3-4-15(12-20)13-21/h5-8,15,21H,3-4,9-13H2,1-2H3,(H,18,22)/t15-/m1/s1. The van der Waals surface area contributed by atoms with Gasteiger partial charge in [0, 0.05) is 46.0 Å². The van der Waals surface area contributed by atoms with Crippen molar-refractivity contribution in [2.75, 3.05) is 45.2 Å². The van der Waals surface area contributed by atoms with Gasteiger partial charge in [-0.15, -0.1) is 0 Å². The van der Waals surface area contributed by atoms with Crippen molar-refractivity contribution in [3.63, 3.8) is 0 Å². The minimum absolute atomic E-state index is 0.0111. The normalized spacial score (nSPS) is 18.1. The molecule has 0 unspecified atom stereocenters. The van der Waals surface area contributed by atoms with E-state index in [1.54, 1.807) is 0 Å². The van der Waals surface area contributed by atoms with Gasteiger partial charge in [0.15, 0.2) is 0 Å². The third-order valence-electron chi connectivity index (χ3n) is 4.21. The monoisotopic (exact) mass is 305 g/mol. The first-order valence-electron chi connectivity index (χ1n) is 8.00. The Morgan fingerprint density at radius 1 is 1.36 bits per heavy atom. The van der Waals surface area contributed by atoms with E-state index in [1.165, 1.54) is 11.3 Å². The minimum Gasteiger partial charge on any atom is -0.396 e. The van der Waals surface area contributed by atoms with E-state index in [0.717, 1.165) is 25.8 Å². The molecular formula is C17H27N3O2. The summed E-state index contributed by atoms with van der Waals surface area (Å²) in [6.45, 7) is 2.27. The van der Waals surface area contributed by atoms with Crippen LogP contribution in [0.3, 0.4) is 0 Å². The first-order valence-corrected chi connectivity index (χ1v) is 8.00. The van der Waals surface area contributed by atoms with Gasteiger partial charge in [0.05, 0.1) is 0 Å². The molecule has 1 saturated heterocycles. The van der Waals surface area contributed by atoms with E-state index in [0.29, 0.717) is 13.1 Å². The van der Waals surface area contributed by atoms with Crippen molar-refractivity contribution in [2.24, 2.45) is 5.92 Å². The van der Waals surface area contributed by atoms with Crippen molar-refractivity contribution in [1.29, 1.82) is 0 Å². The number of amides is 2. The molecule has 1 aliphatic heterocycles. The van der Waals surface area contributed by atoms with Crippen molar-refractivity contribution in [3.8, 4) is 0 Å². The second kappa shape index (κ2) is 8.03. The number of urea groups is 1. The lowest BCUT2D eigenvalue weighted by atomic mass is 9.99. The summed E-state index contributed by atoms with van der Waals surface area (Å²) in [6, 6.07) is 8.37. The number of carbonyl (C=O) groups is 1. The van der Waals surface area contributed by atoms with Gasteiger partial charge < -0.3 is 20.2 Å². The Labute approximate surface area is 132 Å². The van der Waals surface area contributed by atoms with Crippen LogP contribution < -0.4 is 10.2 Å². The Morgan fingerprint density at radius 2 is 2.09 bits per heavy atom. The first-order chi connectivity index (χ1) is 10.6.